The zero-order valence-electron chi connectivity index (χ0n) is 16.0. The Bertz CT molecular complexity index is 766. The highest BCUT2D eigenvalue weighted by molar-refractivity contribution is 5.81. The number of piperidine rings is 1. The normalized spacial score (nSPS) is 17.8. The SMILES string of the molecule is COc1ccc(-c2nccc(C3CCCN(C(=O)C(C)(C)C)C3)n2)cc1. The standard InChI is InChI=1S/C21H27N3O2/c1-21(2,3)20(25)24-13-5-6-16(14-24)18-11-12-22-19(23-18)15-7-9-17(26-4)10-8-15/h7-12,16H,5-6,13-14H2,1-4H3. The first kappa shape index (κ1) is 18.4. The van der Waals surface area contributed by atoms with E-state index in [0.717, 1.165) is 42.9 Å². The van der Waals surface area contributed by atoms with Gasteiger partial charge in [-0.15, -0.1) is 0 Å². The molecule has 1 amide bonds. The Morgan fingerprint density at radius 2 is 1.92 bits per heavy atom. The fourth-order valence-corrected chi connectivity index (χ4v) is 3.36. The maximum Gasteiger partial charge on any atom is 0.227 e. The smallest absolute Gasteiger partial charge is 0.227 e. The molecule has 1 aliphatic heterocycles. The van der Waals surface area contributed by atoms with Crippen LogP contribution in [-0.4, -0.2) is 41.0 Å². The maximum atomic E-state index is 12.6. The van der Waals surface area contributed by atoms with Crippen LogP contribution in [0.25, 0.3) is 11.4 Å². The molecule has 1 unspecified atom stereocenters. The van der Waals surface area contributed by atoms with E-state index in [1.54, 1.807) is 7.11 Å². The molecule has 5 heteroatoms. The van der Waals surface area contributed by atoms with Crippen molar-refractivity contribution < 1.29 is 9.53 Å². The minimum Gasteiger partial charge on any atom is -0.497 e. The molecule has 138 valence electrons. The van der Waals surface area contributed by atoms with Crippen molar-refractivity contribution in [2.24, 2.45) is 5.41 Å². The third kappa shape index (κ3) is 4.03. The lowest BCUT2D eigenvalue weighted by Gasteiger charge is -2.36. The highest BCUT2D eigenvalue weighted by Crippen LogP contribution is 2.29. The van der Waals surface area contributed by atoms with Gasteiger partial charge in [0, 0.05) is 41.9 Å². The largest absolute Gasteiger partial charge is 0.497 e. The van der Waals surface area contributed by atoms with Gasteiger partial charge in [0.2, 0.25) is 5.91 Å². The van der Waals surface area contributed by atoms with Crippen molar-refractivity contribution in [3.63, 3.8) is 0 Å². The van der Waals surface area contributed by atoms with Gasteiger partial charge in [-0.1, -0.05) is 20.8 Å². The van der Waals surface area contributed by atoms with Gasteiger partial charge in [0.25, 0.3) is 0 Å². The summed E-state index contributed by atoms with van der Waals surface area (Å²) in [5.41, 5.74) is 1.63. The molecule has 0 N–H and O–H groups in total. The van der Waals surface area contributed by atoms with Gasteiger partial charge in [-0.25, -0.2) is 9.97 Å². The summed E-state index contributed by atoms with van der Waals surface area (Å²) in [5.74, 6) is 2.00. The van der Waals surface area contributed by atoms with E-state index in [1.807, 2.05) is 62.2 Å². The van der Waals surface area contributed by atoms with Crippen LogP contribution in [0.2, 0.25) is 0 Å². The first-order chi connectivity index (χ1) is 12.4. The molecule has 0 bridgehead atoms. The van der Waals surface area contributed by atoms with Crippen LogP contribution in [0.3, 0.4) is 0 Å². The van der Waals surface area contributed by atoms with Crippen LogP contribution in [0.1, 0.15) is 45.2 Å². The molecule has 26 heavy (non-hydrogen) atoms. The lowest BCUT2D eigenvalue weighted by molar-refractivity contribution is -0.140. The lowest BCUT2D eigenvalue weighted by atomic mass is 9.90. The Balaban J connectivity index is 1.80. The summed E-state index contributed by atoms with van der Waals surface area (Å²) >= 11 is 0. The molecule has 0 aliphatic carbocycles. The number of carbonyl (C=O) groups excluding carboxylic acids is 1. The zero-order chi connectivity index (χ0) is 18.7. The summed E-state index contributed by atoms with van der Waals surface area (Å²) < 4.78 is 5.21. The molecule has 0 spiro atoms. The van der Waals surface area contributed by atoms with Crippen molar-refractivity contribution in [2.45, 2.75) is 39.5 Å². The number of likely N-dealkylation sites (tertiary alicyclic amines) is 1. The van der Waals surface area contributed by atoms with Gasteiger partial charge in [0.05, 0.1) is 7.11 Å². The number of nitrogens with zero attached hydrogens (tertiary/aromatic N) is 3. The zero-order valence-corrected chi connectivity index (χ0v) is 16.0. The van der Waals surface area contributed by atoms with Crippen molar-refractivity contribution in [3.8, 4) is 17.1 Å². The highest BCUT2D eigenvalue weighted by Gasteiger charge is 2.32. The van der Waals surface area contributed by atoms with E-state index in [-0.39, 0.29) is 17.2 Å². The summed E-state index contributed by atoms with van der Waals surface area (Å²) in [5, 5.41) is 0. The molecule has 2 aromatic rings. The third-order valence-corrected chi connectivity index (χ3v) is 4.79. The molecule has 5 nitrogen and oxygen atoms in total. The molecule has 1 fully saturated rings. The van der Waals surface area contributed by atoms with E-state index in [2.05, 4.69) is 4.98 Å². The van der Waals surface area contributed by atoms with E-state index in [0.29, 0.717) is 5.82 Å². The number of amides is 1. The van der Waals surface area contributed by atoms with Crippen LogP contribution < -0.4 is 4.74 Å². The molecule has 3 rings (SSSR count). The summed E-state index contributed by atoms with van der Waals surface area (Å²) in [6.45, 7) is 7.50. The van der Waals surface area contributed by atoms with Gasteiger partial charge in [-0.3, -0.25) is 4.79 Å². The number of hydrogen-bond acceptors (Lipinski definition) is 4. The molecule has 0 radical (unpaired) electrons. The van der Waals surface area contributed by atoms with Crippen molar-refractivity contribution in [1.29, 1.82) is 0 Å². The number of aromatic nitrogens is 2. The van der Waals surface area contributed by atoms with E-state index in [9.17, 15) is 4.79 Å². The van der Waals surface area contributed by atoms with Gasteiger partial charge < -0.3 is 9.64 Å². The predicted octanol–water partition coefficient (Wildman–Crippen LogP) is 3.90. The quantitative estimate of drug-likeness (QED) is 0.840. The van der Waals surface area contributed by atoms with Crippen LogP contribution >= 0.6 is 0 Å². The number of methoxy groups -OCH3 is 1. The molecular weight excluding hydrogens is 326 g/mol. The van der Waals surface area contributed by atoms with Crippen molar-refractivity contribution >= 4 is 5.91 Å². The number of benzene rings is 1. The Kier molecular flexibility index (Phi) is 5.25. The molecule has 1 saturated heterocycles. The Morgan fingerprint density at radius 3 is 2.58 bits per heavy atom. The molecular formula is C21H27N3O2. The third-order valence-electron chi connectivity index (χ3n) is 4.79. The van der Waals surface area contributed by atoms with Gasteiger partial charge in [0.15, 0.2) is 5.82 Å². The van der Waals surface area contributed by atoms with Gasteiger partial charge in [0.1, 0.15) is 5.75 Å². The summed E-state index contributed by atoms with van der Waals surface area (Å²) in [6.07, 6.45) is 3.87. The monoisotopic (exact) mass is 353 g/mol. The van der Waals surface area contributed by atoms with E-state index in [1.165, 1.54) is 0 Å². The summed E-state index contributed by atoms with van der Waals surface area (Å²) in [6, 6.07) is 9.73. The van der Waals surface area contributed by atoms with Crippen LogP contribution in [0, 0.1) is 5.41 Å². The Morgan fingerprint density at radius 1 is 1.19 bits per heavy atom. The summed E-state index contributed by atoms with van der Waals surface area (Å²) in [7, 11) is 1.65. The van der Waals surface area contributed by atoms with Crippen LogP contribution in [0.4, 0.5) is 0 Å². The molecule has 0 saturated carbocycles. The number of ether oxygens (including phenoxy) is 1. The Hall–Kier alpha value is -2.43. The van der Waals surface area contributed by atoms with Gasteiger partial charge in [-0.2, -0.15) is 0 Å². The average Bonchev–Trinajstić information content (AvgIpc) is 2.67. The topological polar surface area (TPSA) is 55.3 Å². The molecule has 1 aromatic carbocycles. The molecule has 2 heterocycles. The first-order valence-corrected chi connectivity index (χ1v) is 9.15. The van der Waals surface area contributed by atoms with Crippen molar-refractivity contribution in [3.05, 3.63) is 42.2 Å². The van der Waals surface area contributed by atoms with Gasteiger partial charge >= 0.3 is 0 Å². The maximum absolute atomic E-state index is 12.6. The predicted molar refractivity (Wildman–Crippen MR) is 102 cm³/mol. The minimum absolute atomic E-state index is 0.214. The Labute approximate surface area is 155 Å². The van der Waals surface area contributed by atoms with Crippen LogP contribution in [0.5, 0.6) is 5.75 Å². The minimum atomic E-state index is -0.345. The highest BCUT2D eigenvalue weighted by atomic mass is 16.5. The van der Waals surface area contributed by atoms with Crippen molar-refractivity contribution in [2.75, 3.05) is 20.2 Å². The fourth-order valence-electron chi connectivity index (χ4n) is 3.36. The molecule has 1 aromatic heterocycles. The number of carbonyl (C=O) groups is 1. The second-order valence-electron chi connectivity index (χ2n) is 7.87. The summed E-state index contributed by atoms with van der Waals surface area (Å²) in [4.78, 5) is 23.8. The second kappa shape index (κ2) is 7.44. The molecule has 1 aliphatic rings. The average molecular weight is 353 g/mol. The van der Waals surface area contributed by atoms with E-state index >= 15 is 0 Å². The number of hydrogen-bond donors (Lipinski definition) is 0. The van der Waals surface area contributed by atoms with Crippen molar-refractivity contribution in [1.82, 2.24) is 14.9 Å². The van der Waals surface area contributed by atoms with Crippen LogP contribution in [0.15, 0.2) is 36.5 Å². The first-order valence-electron chi connectivity index (χ1n) is 9.15. The van der Waals surface area contributed by atoms with Gasteiger partial charge in [-0.05, 0) is 43.2 Å². The van der Waals surface area contributed by atoms with Crippen LogP contribution in [-0.2, 0) is 4.79 Å². The fraction of sp³-hybridized carbons (Fsp3) is 0.476. The lowest BCUT2D eigenvalue weighted by Crippen LogP contribution is -2.44. The van der Waals surface area contributed by atoms with E-state index in [4.69, 9.17) is 9.72 Å². The second-order valence-corrected chi connectivity index (χ2v) is 7.87. The van der Waals surface area contributed by atoms with E-state index < -0.39 is 0 Å². The molecule has 1 atom stereocenters. The number of rotatable bonds is 3.